The summed E-state index contributed by atoms with van der Waals surface area (Å²) in [7, 11) is 0. The molecule has 2 aromatic heterocycles. The monoisotopic (exact) mass is 260 g/mol. The fourth-order valence-corrected chi connectivity index (χ4v) is 2.53. The average Bonchev–Trinajstić information content (AvgIpc) is 2.81. The molecule has 1 atom stereocenters. The molecule has 100 valence electrons. The Labute approximate surface area is 110 Å². The first kappa shape index (κ1) is 12.1. The molecule has 1 unspecified atom stereocenters. The molecular weight excluding hydrogens is 244 g/mol. The largest absolute Gasteiger partial charge is 0.338 e. The van der Waals surface area contributed by atoms with Gasteiger partial charge in [0.2, 0.25) is 11.4 Å². The maximum Gasteiger partial charge on any atom is 0.248 e. The summed E-state index contributed by atoms with van der Waals surface area (Å²) >= 11 is 0. The van der Waals surface area contributed by atoms with Crippen molar-refractivity contribution in [3.8, 4) is 0 Å². The number of aromatic nitrogens is 3. The molecule has 0 aliphatic heterocycles. The summed E-state index contributed by atoms with van der Waals surface area (Å²) in [4.78, 5) is 18.4. The third kappa shape index (κ3) is 2.58. The molecule has 0 saturated heterocycles. The third-order valence-corrected chi connectivity index (χ3v) is 3.40. The Morgan fingerprint density at radius 1 is 1.53 bits per heavy atom. The number of rotatable bonds is 3. The van der Waals surface area contributed by atoms with Gasteiger partial charge in [-0.25, -0.2) is 0 Å². The van der Waals surface area contributed by atoms with Crippen LogP contribution in [0.5, 0.6) is 0 Å². The number of pyridine rings is 1. The molecule has 3 rings (SSSR count). The molecule has 0 fully saturated rings. The zero-order valence-corrected chi connectivity index (χ0v) is 10.8. The summed E-state index contributed by atoms with van der Waals surface area (Å²) in [5, 5.41) is 7.17. The molecule has 0 bridgehead atoms. The average molecular weight is 260 g/mol. The van der Waals surface area contributed by atoms with Gasteiger partial charge in [-0.15, -0.1) is 0 Å². The van der Waals surface area contributed by atoms with E-state index in [4.69, 9.17) is 4.52 Å². The van der Waals surface area contributed by atoms with Crippen LogP contribution in [0.3, 0.4) is 0 Å². The minimum atomic E-state index is -0.0353. The van der Waals surface area contributed by atoms with E-state index < -0.39 is 0 Å². The van der Waals surface area contributed by atoms with Gasteiger partial charge in [-0.1, -0.05) is 11.2 Å². The van der Waals surface area contributed by atoms with Crippen molar-refractivity contribution in [2.75, 3.05) is 0 Å². The van der Waals surface area contributed by atoms with Crippen LogP contribution in [-0.2, 0) is 13.0 Å². The summed E-state index contributed by atoms with van der Waals surface area (Å²) in [6.45, 7) is 2.34. The Morgan fingerprint density at radius 3 is 3.21 bits per heavy atom. The predicted octanol–water partition coefficient (Wildman–Crippen LogP) is 1.23. The molecule has 6 heteroatoms. The summed E-state index contributed by atoms with van der Waals surface area (Å²) < 4.78 is 5.08. The Morgan fingerprint density at radius 2 is 2.42 bits per heavy atom. The first-order chi connectivity index (χ1) is 9.22. The topological polar surface area (TPSA) is 83.8 Å². The zero-order chi connectivity index (χ0) is 13.2. The number of aryl methyl sites for hydroxylation is 2. The quantitative estimate of drug-likeness (QED) is 0.867. The smallest absolute Gasteiger partial charge is 0.248 e. The minimum Gasteiger partial charge on any atom is -0.338 e. The number of fused-ring (bicyclic) bond motifs is 1. The highest BCUT2D eigenvalue weighted by Gasteiger charge is 2.20. The van der Waals surface area contributed by atoms with Crippen molar-refractivity contribution in [3.05, 3.63) is 45.5 Å². The van der Waals surface area contributed by atoms with Gasteiger partial charge in [0.25, 0.3) is 0 Å². The van der Waals surface area contributed by atoms with E-state index in [1.165, 1.54) is 5.56 Å². The Balaban J connectivity index is 1.75. The van der Waals surface area contributed by atoms with Gasteiger partial charge < -0.3 is 14.8 Å². The Kier molecular flexibility index (Phi) is 3.16. The van der Waals surface area contributed by atoms with E-state index in [2.05, 4.69) is 20.4 Å². The van der Waals surface area contributed by atoms with Crippen molar-refractivity contribution in [1.82, 2.24) is 20.4 Å². The number of hydrogen-bond acceptors (Lipinski definition) is 5. The van der Waals surface area contributed by atoms with Gasteiger partial charge in [0.05, 0.1) is 6.54 Å². The third-order valence-electron chi connectivity index (χ3n) is 3.40. The normalized spacial score (nSPS) is 18.3. The Hall–Kier alpha value is -1.95. The van der Waals surface area contributed by atoms with Crippen LogP contribution in [-0.4, -0.2) is 15.1 Å². The van der Waals surface area contributed by atoms with Crippen LogP contribution in [0.15, 0.2) is 21.5 Å². The number of nitrogens with zero attached hydrogens (tertiary/aromatic N) is 2. The van der Waals surface area contributed by atoms with Crippen molar-refractivity contribution >= 4 is 0 Å². The van der Waals surface area contributed by atoms with E-state index in [9.17, 15) is 4.79 Å². The van der Waals surface area contributed by atoms with Gasteiger partial charge in [0.15, 0.2) is 5.82 Å². The molecule has 0 amide bonds. The summed E-state index contributed by atoms with van der Waals surface area (Å²) in [5.41, 5.74) is 2.17. The van der Waals surface area contributed by atoms with Gasteiger partial charge in [-0.2, -0.15) is 4.98 Å². The fraction of sp³-hybridized carbons (Fsp3) is 0.462. The van der Waals surface area contributed by atoms with Gasteiger partial charge in [0.1, 0.15) is 0 Å². The molecule has 0 saturated carbocycles. The van der Waals surface area contributed by atoms with Crippen LogP contribution in [0.1, 0.15) is 41.9 Å². The standard InChI is InChI=1S/C13H16N4O2/c1-8-15-13(19-17-8)7-14-10-3-2-4-11-9(10)5-6-12(18)16-11/h5-6,10,14H,2-4,7H2,1H3,(H,16,18). The van der Waals surface area contributed by atoms with Crippen LogP contribution in [0.2, 0.25) is 0 Å². The van der Waals surface area contributed by atoms with E-state index >= 15 is 0 Å². The van der Waals surface area contributed by atoms with Gasteiger partial charge in [-0.05, 0) is 31.7 Å². The lowest BCUT2D eigenvalue weighted by atomic mass is 9.91. The van der Waals surface area contributed by atoms with Crippen molar-refractivity contribution in [3.63, 3.8) is 0 Å². The maximum absolute atomic E-state index is 11.3. The number of H-pyrrole nitrogens is 1. The van der Waals surface area contributed by atoms with Crippen LogP contribution in [0.25, 0.3) is 0 Å². The Bertz CT molecular complexity index is 632. The number of hydrogen-bond donors (Lipinski definition) is 2. The lowest BCUT2D eigenvalue weighted by Gasteiger charge is -2.25. The van der Waals surface area contributed by atoms with Crippen molar-refractivity contribution in [2.24, 2.45) is 0 Å². The second-order valence-electron chi connectivity index (χ2n) is 4.82. The number of nitrogens with one attached hydrogen (secondary N) is 2. The van der Waals surface area contributed by atoms with E-state index in [1.54, 1.807) is 13.0 Å². The highest BCUT2D eigenvalue weighted by Crippen LogP contribution is 2.27. The summed E-state index contributed by atoms with van der Waals surface area (Å²) in [5.74, 6) is 1.24. The molecule has 0 aromatic carbocycles. The molecule has 1 aliphatic rings. The fourth-order valence-electron chi connectivity index (χ4n) is 2.53. The van der Waals surface area contributed by atoms with Crippen LogP contribution >= 0.6 is 0 Å². The molecule has 19 heavy (non-hydrogen) atoms. The van der Waals surface area contributed by atoms with E-state index in [0.717, 1.165) is 25.0 Å². The first-order valence-electron chi connectivity index (χ1n) is 6.47. The molecule has 0 radical (unpaired) electrons. The lowest BCUT2D eigenvalue weighted by molar-refractivity contribution is 0.347. The van der Waals surface area contributed by atoms with E-state index in [0.29, 0.717) is 18.3 Å². The van der Waals surface area contributed by atoms with Crippen molar-refractivity contribution in [2.45, 2.75) is 38.8 Å². The van der Waals surface area contributed by atoms with Crippen LogP contribution in [0.4, 0.5) is 0 Å². The number of aromatic amines is 1. The summed E-state index contributed by atoms with van der Waals surface area (Å²) in [6, 6.07) is 3.72. The maximum atomic E-state index is 11.3. The van der Waals surface area contributed by atoms with Crippen LogP contribution < -0.4 is 10.9 Å². The van der Waals surface area contributed by atoms with Gasteiger partial charge >= 0.3 is 0 Å². The molecule has 2 heterocycles. The highest BCUT2D eigenvalue weighted by molar-refractivity contribution is 5.26. The van der Waals surface area contributed by atoms with Crippen molar-refractivity contribution < 1.29 is 4.52 Å². The molecule has 1 aliphatic carbocycles. The lowest BCUT2D eigenvalue weighted by Crippen LogP contribution is -2.27. The summed E-state index contributed by atoms with van der Waals surface area (Å²) in [6.07, 6.45) is 3.04. The van der Waals surface area contributed by atoms with Crippen molar-refractivity contribution in [1.29, 1.82) is 0 Å². The van der Waals surface area contributed by atoms with Gasteiger partial charge in [-0.3, -0.25) is 4.79 Å². The predicted molar refractivity (Wildman–Crippen MR) is 68.6 cm³/mol. The first-order valence-corrected chi connectivity index (χ1v) is 6.47. The molecular formula is C13H16N4O2. The van der Waals surface area contributed by atoms with Crippen LogP contribution in [0, 0.1) is 6.92 Å². The molecule has 0 spiro atoms. The SMILES string of the molecule is Cc1noc(CNC2CCCc3[nH]c(=O)ccc32)n1. The highest BCUT2D eigenvalue weighted by atomic mass is 16.5. The second kappa shape index (κ2) is 4.97. The zero-order valence-electron chi connectivity index (χ0n) is 10.8. The van der Waals surface area contributed by atoms with Gasteiger partial charge in [0, 0.05) is 17.8 Å². The van der Waals surface area contributed by atoms with E-state index in [-0.39, 0.29) is 11.6 Å². The molecule has 2 aromatic rings. The molecule has 6 nitrogen and oxygen atoms in total. The molecule has 2 N–H and O–H groups in total. The van der Waals surface area contributed by atoms with E-state index in [1.807, 2.05) is 6.07 Å². The minimum absolute atomic E-state index is 0.0353. The second-order valence-corrected chi connectivity index (χ2v) is 4.82.